The number of ether oxygens (including phenoxy) is 1. The Morgan fingerprint density at radius 3 is 2.55 bits per heavy atom. The zero-order valence-corrected chi connectivity index (χ0v) is 18.5. The average Bonchev–Trinajstić information content (AvgIpc) is 2.78. The van der Waals surface area contributed by atoms with Gasteiger partial charge in [-0.1, -0.05) is 18.2 Å². The van der Waals surface area contributed by atoms with Crippen LogP contribution in [0.3, 0.4) is 0 Å². The third-order valence-electron chi connectivity index (χ3n) is 5.56. The molecule has 1 aromatic heterocycles. The Labute approximate surface area is 186 Å². The molecule has 4 atom stereocenters. The predicted molar refractivity (Wildman–Crippen MR) is 115 cm³/mol. The smallest absolute Gasteiger partial charge is 0.141 e. The zero-order valence-electron chi connectivity index (χ0n) is 17.0. The van der Waals surface area contributed by atoms with Crippen molar-refractivity contribution in [3.8, 4) is 5.75 Å². The number of para-hydroxylation sites is 1. The number of methoxy groups -OCH3 is 1. The first-order valence-corrected chi connectivity index (χ1v) is 10.4. The molecule has 0 aliphatic heterocycles. The highest BCUT2D eigenvalue weighted by atomic mass is 79.9. The number of benzene rings is 2. The van der Waals surface area contributed by atoms with Gasteiger partial charge in [-0.15, -0.1) is 0 Å². The lowest BCUT2D eigenvalue weighted by Gasteiger charge is -2.38. The molecule has 4 unspecified atom stereocenters. The molecule has 0 saturated heterocycles. The van der Waals surface area contributed by atoms with E-state index >= 15 is 4.39 Å². The van der Waals surface area contributed by atoms with Crippen LogP contribution in [0, 0.1) is 5.82 Å². The number of halogens is 5. The maximum atomic E-state index is 15.8. The molecule has 0 spiro atoms. The highest BCUT2D eigenvalue weighted by Crippen LogP contribution is 2.44. The Balaban J connectivity index is 2.27. The van der Waals surface area contributed by atoms with Gasteiger partial charge in [-0.2, -0.15) is 0 Å². The molecule has 0 aliphatic carbocycles. The summed E-state index contributed by atoms with van der Waals surface area (Å²) in [5.41, 5.74) is -0.897. The van der Waals surface area contributed by atoms with Gasteiger partial charge in [-0.3, -0.25) is 4.98 Å². The molecule has 0 bridgehead atoms. The second-order valence-corrected chi connectivity index (χ2v) is 8.34. The summed E-state index contributed by atoms with van der Waals surface area (Å²) in [5, 5.41) is 10.9. The Morgan fingerprint density at radius 2 is 1.90 bits per heavy atom. The van der Waals surface area contributed by atoms with Crippen molar-refractivity contribution < 1.29 is 27.4 Å². The van der Waals surface area contributed by atoms with Gasteiger partial charge in [-0.05, 0) is 53.0 Å². The first kappa shape index (κ1) is 23.5. The molecule has 1 N–H and O–H groups in total. The fraction of sp³-hybridized carbons (Fsp3) is 0.348. The van der Waals surface area contributed by atoms with Crippen LogP contribution >= 0.6 is 15.9 Å². The van der Waals surface area contributed by atoms with E-state index < -0.39 is 36.4 Å². The number of alkyl halides is 3. The molecule has 166 valence electrons. The third-order valence-corrected chi connectivity index (χ3v) is 6.17. The fourth-order valence-corrected chi connectivity index (χ4v) is 4.17. The van der Waals surface area contributed by atoms with Crippen molar-refractivity contribution in [2.24, 2.45) is 0 Å². The number of aliphatic hydroxyl groups is 1. The van der Waals surface area contributed by atoms with E-state index in [9.17, 15) is 18.3 Å². The van der Waals surface area contributed by atoms with Crippen molar-refractivity contribution in [1.82, 2.24) is 4.98 Å². The minimum Gasteiger partial charge on any atom is -0.496 e. The van der Waals surface area contributed by atoms with E-state index in [0.29, 0.717) is 16.5 Å². The van der Waals surface area contributed by atoms with Gasteiger partial charge in [0.2, 0.25) is 0 Å². The van der Waals surface area contributed by atoms with E-state index in [4.69, 9.17) is 4.74 Å². The SMILES string of the molecule is COc1cc(F)c(Br)cc1C(CF)(Cc1ccnc2ccccc12)C(F)C(O)C(C)F. The lowest BCUT2D eigenvalue weighted by molar-refractivity contribution is -0.0257. The van der Waals surface area contributed by atoms with Gasteiger partial charge in [0.25, 0.3) is 0 Å². The van der Waals surface area contributed by atoms with Crippen LogP contribution in [0.25, 0.3) is 10.9 Å². The number of pyridine rings is 1. The summed E-state index contributed by atoms with van der Waals surface area (Å²) in [6.45, 7) is -0.289. The molecular formula is C23H22BrF4NO2. The van der Waals surface area contributed by atoms with Crippen LogP contribution in [0.1, 0.15) is 18.1 Å². The third kappa shape index (κ3) is 4.41. The number of hydrogen-bond acceptors (Lipinski definition) is 3. The highest BCUT2D eigenvalue weighted by Gasteiger charge is 2.49. The molecule has 0 radical (unpaired) electrons. The first-order chi connectivity index (χ1) is 14.7. The summed E-state index contributed by atoms with van der Waals surface area (Å²) in [7, 11) is 1.25. The lowest BCUT2D eigenvalue weighted by Crippen LogP contribution is -2.50. The Bertz CT molecular complexity index is 1060. The normalized spacial score (nSPS) is 16.5. The lowest BCUT2D eigenvalue weighted by atomic mass is 9.70. The van der Waals surface area contributed by atoms with E-state index in [2.05, 4.69) is 20.9 Å². The van der Waals surface area contributed by atoms with Crippen molar-refractivity contribution in [1.29, 1.82) is 0 Å². The molecule has 0 fully saturated rings. The maximum absolute atomic E-state index is 15.8. The highest BCUT2D eigenvalue weighted by molar-refractivity contribution is 9.10. The van der Waals surface area contributed by atoms with Gasteiger partial charge in [0.1, 0.15) is 36.7 Å². The first-order valence-electron chi connectivity index (χ1n) is 9.63. The number of hydrogen-bond donors (Lipinski definition) is 1. The van der Waals surface area contributed by atoms with Gasteiger partial charge < -0.3 is 9.84 Å². The zero-order chi connectivity index (χ0) is 22.8. The van der Waals surface area contributed by atoms with Crippen LogP contribution in [0.5, 0.6) is 5.75 Å². The Kier molecular flexibility index (Phi) is 7.21. The van der Waals surface area contributed by atoms with Crippen LogP contribution in [0.2, 0.25) is 0 Å². The van der Waals surface area contributed by atoms with E-state index in [0.717, 1.165) is 13.0 Å². The second-order valence-electron chi connectivity index (χ2n) is 7.49. The molecule has 8 heteroatoms. The predicted octanol–water partition coefficient (Wildman–Crippen LogP) is 5.65. The number of fused-ring (bicyclic) bond motifs is 1. The van der Waals surface area contributed by atoms with Crippen LogP contribution in [-0.4, -0.2) is 42.3 Å². The van der Waals surface area contributed by atoms with Gasteiger partial charge in [0, 0.05) is 23.2 Å². The maximum Gasteiger partial charge on any atom is 0.141 e. The van der Waals surface area contributed by atoms with Gasteiger partial charge >= 0.3 is 0 Å². The summed E-state index contributed by atoms with van der Waals surface area (Å²) in [6, 6.07) is 10.9. The monoisotopic (exact) mass is 499 g/mol. The average molecular weight is 500 g/mol. The van der Waals surface area contributed by atoms with Crippen molar-refractivity contribution in [3.63, 3.8) is 0 Å². The molecule has 0 amide bonds. The van der Waals surface area contributed by atoms with Gasteiger partial charge in [0.15, 0.2) is 0 Å². The summed E-state index contributed by atoms with van der Waals surface area (Å²) in [5.74, 6) is -0.782. The van der Waals surface area contributed by atoms with Crippen LogP contribution in [-0.2, 0) is 11.8 Å². The topological polar surface area (TPSA) is 42.4 Å². The number of rotatable bonds is 8. The van der Waals surface area contributed by atoms with Crippen LogP contribution in [0.15, 0.2) is 53.1 Å². The van der Waals surface area contributed by atoms with Gasteiger partial charge in [0.05, 0.1) is 22.5 Å². The van der Waals surface area contributed by atoms with E-state index in [1.807, 2.05) is 0 Å². The van der Waals surface area contributed by atoms with Crippen LogP contribution < -0.4 is 4.74 Å². The molecule has 31 heavy (non-hydrogen) atoms. The molecule has 0 aliphatic rings. The van der Waals surface area contributed by atoms with E-state index in [1.165, 1.54) is 19.4 Å². The molecule has 3 rings (SSSR count). The van der Waals surface area contributed by atoms with Gasteiger partial charge in [-0.25, -0.2) is 17.6 Å². The fourth-order valence-electron chi connectivity index (χ4n) is 3.83. The molecule has 0 saturated carbocycles. The molecule has 1 heterocycles. The van der Waals surface area contributed by atoms with Crippen molar-refractivity contribution >= 4 is 26.8 Å². The molecule has 3 nitrogen and oxygen atoms in total. The summed E-state index contributed by atoms with van der Waals surface area (Å²) in [6.07, 6.45) is -5.13. The molecule has 3 aromatic rings. The van der Waals surface area contributed by atoms with Crippen molar-refractivity contribution in [2.45, 2.75) is 37.2 Å². The Morgan fingerprint density at radius 1 is 1.19 bits per heavy atom. The number of aliphatic hydroxyl groups excluding tert-OH is 1. The van der Waals surface area contributed by atoms with Crippen LogP contribution in [0.4, 0.5) is 17.6 Å². The minimum absolute atomic E-state index is 0.0149. The molecular weight excluding hydrogens is 478 g/mol. The quantitative estimate of drug-likeness (QED) is 0.407. The number of aromatic nitrogens is 1. The van der Waals surface area contributed by atoms with E-state index in [-0.39, 0.29) is 22.2 Å². The minimum atomic E-state index is -2.35. The summed E-state index contributed by atoms with van der Waals surface area (Å²) >= 11 is 3.05. The van der Waals surface area contributed by atoms with E-state index in [1.54, 1.807) is 30.3 Å². The van der Waals surface area contributed by atoms with Crippen molar-refractivity contribution in [3.05, 3.63) is 70.1 Å². The Hall–Kier alpha value is -2.19. The number of nitrogens with zero attached hydrogens (tertiary/aromatic N) is 1. The molecule has 2 aromatic carbocycles. The summed E-state index contributed by atoms with van der Waals surface area (Å²) < 4.78 is 63.9. The standard InChI is InChI=1S/C23H22BrF4NO2/c1-13(26)21(30)22(28)23(12-25,16-9-17(24)18(27)10-20(16)31-2)11-14-7-8-29-19-6-4-3-5-15(14)19/h3-10,13,21-22,30H,11-12H2,1-2H3. The summed E-state index contributed by atoms with van der Waals surface area (Å²) in [4.78, 5) is 4.26. The largest absolute Gasteiger partial charge is 0.496 e. The second kappa shape index (κ2) is 9.53. The van der Waals surface area contributed by atoms with Crippen molar-refractivity contribution in [2.75, 3.05) is 13.8 Å².